The Morgan fingerprint density at radius 3 is 1.41 bits per heavy atom. The smallest absolute Gasteiger partial charge is 0.164 e. The fraction of sp³-hybridized carbons (Fsp3) is 0. The number of rotatable bonds is 7. The summed E-state index contributed by atoms with van der Waals surface area (Å²) >= 11 is 0. The van der Waals surface area contributed by atoms with Crippen molar-refractivity contribution in [2.24, 2.45) is 0 Å². The van der Waals surface area contributed by atoms with Crippen molar-refractivity contribution in [2.75, 3.05) is 0 Å². The first kappa shape index (κ1) is 34.3. The number of nitrogens with zero attached hydrogens (tertiary/aromatic N) is 3. The van der Waals surface area contributed by atoms with Gasteiger partial charge in [-0.15, -0.1) is 0 Å². The number of benzene rings is 9. The van der Waals surface area contributed by atoms with E-state index in [-0.39, 0.29) is 0 Å². The number of fused-ring (bicyclic) bond motifs is 4. The van der Waals surface area contributed by atoms with Gasteiger partial charge in [-0.25, -0.2) is 15.0 Å². The van der Waals surface area contributed by atoms with Crippen LogP contribution in [0.1, 0.15) is 0 Å². The van der Waals surface area contributed by atoms with Crippen molar-refractivity contribution in [3.8, 4) is 78.7 Å². The van der Waals surface area contributed by atoms with Gasteiger partial charge >= 0.3 is 0 Å². The third-order valence-corrected chi connectivity index (χ3v) is 11.1. The number of aromatic nitrogens is 3. The predicted molar refractivity (Wildman–Crippen MR) is 243 cm³/mol. The number of furan rings is 1. The van der Waals surface area contributed by atoms with Crippen LogP contribution in [0.3, 0.4) is 0 Å². The molecule has 0 saturated heterocycles. The molecule has 11 rings (SSSR count). The van der Waals surface area contributed by atoms with Gasteiger partial charge in [0.1, 0.15) is 11.2 Å². The highest BCUT2D eigenvalue weighted by Gasteiger charge is 2.17. The Kier molecular flexibility index (Phi) is 8.45. The van der Waals surface area contributed by atoms with Crippen LogP contribution in [0.2, 0.25) is 0 Å². The standard InChI is InChI=1S/C55H35N3O/c1-4-12-36(13-5-1)39-22-26-41(27-23-39)53-56-54(45-29-25-40-24-28-43(33-47(40)34-45)38-16-8-3-9-17-38)58-55(57-53)46-30-31-49-51(35-46)59-50-21-11-20-48(52(49)50)44-19-10-18-42(32-44)37-14-6-2-7-15-37/h1-35H. The minimum Gasteiger partial charge on any atom is -0.456 e. The lowest BCUT2D eigenvalue weighted by Crippen LogP contribution is -2.00. The molecule has 276 valence electrons. The molecule has 0 aliphatic rings. The number of hydrogen-bond acceptors (Lipinski definition) is 4. The summed E-state index contributed by atoms with van der Waals surface area (Å²) in [6.07, 6.45) is 0. The lowest BCUT2D eigenvalue weighted by molar-refractivity contribution is 0.669. The van der Waals surface area contributed by atoms with E-state index in [1.54, 1.807) is 0 Å². The van der Waals surface area contributed by atoms with Crippen molar-refractivity contribution in [1.29, 1.82) is 0 Å². The summed E-state index contributed by atoms with van der Waals surface area (Å²) in [6, 6.07) is 74.1. The highest BCUT2D eigenvalue weighted by Crippen LogP contribution is 2.39. The van der Waals surface area contributed by atoms with Crippen LogP contribution in [0, 0.1) is 0 Å². The second-order valence-corrected chi connectivity index (χ2v) is 14.8. The van der Waals surface area contributed by atoms with Crippen molar-refractivity contribution in [1.82, 2.24) is 15.0 Å². The molecule has 4 heteroatoms. The van der Waals surface area contributed by atoms with Crippen molar-refractivity contribution in [2.45, 2.75) is 0 Å². The summed E-state index contributed by atoms with van der Waals surface area (Å²) in [7, 11) is 0. The van der Waals surface area contributed by atoms with Crippen molar-refractivity contribution >= 4 is 32.7 Å². The van der Waals surface area contributed by atoms with Gasteiger partial charge in [-0.3, -0.25) is 0 Å². The SMILES string of the molecule is c1ccc(-c2ccc(-c3nc(-c4ccc5ccc(-c6ccccc6)cc5c4)nc(-c4ccc5c(c4)oc4cccc(-c6cccc(-c7ccccc7)c6)c45)n3)cc2)cc1. The van der Waals surface area contributed by atoms with Crippen molar-refractivity contribution < 1.29 is 4.42 Å². The summed E-state index contributed by atoms with van der Waals surface area (Å²) in [5, 5.41) is 4.40. The molecular weight excluding hydrogens is 719 g/mol. The molecule has 0 spiro atoms. The maximum Gasteiger partial charge on any atom is 0.164 e. The zero-order chi connectivity index (χ0) is 39.1. The molecule has 59 heavy (non-hydrogen) atoms. The van der Waals surface area contributed by atoms with Crippen LogP contribution in [-0.4, -0.2) is 15.0 Å². The molecule has 2 aromatic heterocycles. The first-order chi connectivity index (χ1) is 29.2. The first-order valence-corrected chi connectivity index (χ1v) is 19.8. The van der Waals surface area contributed by atoms with Crippen LogP contribution in [-0.2, 0) is 0 Å². The molecule has 0 fully saturated rings. The van der Waals surface area contributed by atoms with Gasteiger partial charge in [0.15, 0.2) is 17.5 Å². The Morgan fingerprint density at radius 2 is 0.729 bits per heavy atom. The molecule has 0 radical (unpaired) electrons. The third-order valence-electron chi connectivity index (χ3n) is 11.1. The molecule has 2 heterocycles. The normalized spacial score (nSPS) is 11.4. The summed E-state index contributed by atoms with van der Waals surface area (Å²) in [4.78, 5) is 15.4. The highest BCUT2D eigenvalue weighted by atomic mass is 16.3. The lowest BCUT2D eigenvalue weighted by atomic mass is 9.96. The van der Waals surface area contributed by atoms with E-state index in [0.717, 1.165) is 77.2 Å². The van der Waals surface area contributed by atoms with E-state index >= 15 is 0 Å². The van der Waals surface area contributed by atoms with Gasteiger partial charge in [-0.05, 0) is 91.7 Å². The monoisotopic (exact) mass is 753 g/mol. The fourth-order valence-corrected chi connectivity index (χ4v) is 8.10. The lowest BCUT2D eigenvalue weighted by Gasteiger charge is -2.10. The molecule has 0 unspecified atom stereocenters. The summed E-state index contributed by atoms with van der Waals surface area (Å²) < 4.78 is 6.60. The van der Waals surface area contributed by atoms with Crippen LogP contribution in [0.4, 0.5) is 0 Å². The van der Waals surface area contributed by atoms with E-state index in [4.69, 9.17) is 19.4 Å². The Morgan fingerprint density at radius 1 is 0.271 bits per heavy atom. The maximum atomic E-state index is 6.60. The second kappa shape index (κ2) is 14.5. The average molecular weight is 754 g/mol. The van der Waals surface area contributed by atoms with E-state index in [1.165, 1.54) is 16.7 Å². The number of hydrogen-bond donors (Lipinski definition) is 0. The summed E-state index contributed by atoms with van der Waals surface area (Å²) in [5.74, 6) is 1.79. The molecule has 0 saturated carbocycles. The van der Waals surface area contributed by atoms with Gasteiger partial charge in [-0.2, -0.15) is 0 Å². The second-order valence-electron chi connectivity index (χ2n) is 14.8. The van der Waals surface area contributed by atoms with Crippen LogP contribution in [0.15, 0.2) is 217 Å². The maximum absolute atomic E-state index is 6.60. The highest BCUT2D eigenvalue weighted by molar-refractivity contribution is 6.13. The first-order valence-electron chi connectivity index (χ1n) is 19.8. The van der Waals surface area contributed by atoms with Crippen LogP contribution in [0.25, 0.3) is 111 Å². The van der Waals surface area contributed by atoms with Crippen LogP contribution >= 0.6 is 0 Å². The third kappa shape index (κ3) is 6.53. The van der Waals surface area contributed by atoms with E-state index in [2.05, 4.69) is 188 Å². The Bertz CT molecular complexity index is 3300. The minimum atomic E-state index is 0.577. The molecule has 0 aliphatic heterocycles. The molecule has 9 aromatic carbocycles. The Balaban J connectivity index is 1.03. The van der Waals surface area contributed by atoms with Gasteiger partial charge < -0.3 is 4.42 Å². The van der Waals surface area contributed by atoms with E-state index in [1.807, 2.05) is 24.3 Å². The van der Waals surface area contributed by atoms with E-state index < -0.39 is 0 Å². The molecule has 0 N–H and O–H groups in total. The van der Waals surface area contributed by atoms with Gasteiger partial charge in [0.25, 0.3) is 0 Å². The van der Waals surface area contributed by atoms with Crippen molar-refractivity contribution in [3.05, 3.63) is 212 Å². The van der Waals surface area contributed by atoms with E-state index in [9.17, 15) is 0 Å². The summed E-state index contributed by atoms with van der Waals surface area (Å²) in [5.41, 5.74) is 13.6. The molecule has 0 amide bonds. The zero-order valence-corrected chi connectivity index (χ0v) is 32.0. The minimum absolute atomic E-state index is 0.577. The molecule has 4 nitrogen and oxygen atoms in total. The summed E-state index contributed by atoms with van der Waals surface area (Å²) in [6.45, 7) is 0. The van der Waals surface area contributed by atoms with Crippen LogP contribution in [0.5, 0.6) is 0 Å². The Labute approximate surface area is 341 Å². The largest absolute Gasteiger partial charge is 0.456 e. The molecule has 0 atom stereocenters. The van der Waals surface area contributed by atoms with Crippen molar-refractivity contribution in [3.63, 3.8) is 0 Å². The predicted octanol–water partition coefficient (Wildman–Crippen LogP) is 14.6. The molecule has 0 aliphatic carbocycles. The quantitative estimate of drug-likeness (QED) is 0.163. The fourth-order valence-electron chi connectivity index (χ4n) is 8.10. The topological polar surface area (TPSA) is 51.8 Å². The van der Waals surface area contributed by atoms with Gasteiger partial charge in [0, 0.05) is 27.5 Å². The van der Waals surface area contributed by atoms with Crippen LogP contribution < -0.4 is 0 Å². The zero-order valence-electron chi connectivity index (χ0n) is 32.0. The van der Waals surface area contributed by atoms with Gasteiger partial charge in [-0.1, -0.05) is 176 Å². The van der Waals surface area contributed by atoms with Gasteiger partial charge in [0.2, 0.25) is 0 Å². The molecule has 11 aromatic rings. The van der Waals surface area contributed by atoms with E-state index in [0.29, 0.717) is 17.5 Å². The molecule has 0 bridgehead atoms. The molecular formula is C55H35N3O. The average Bonchev–Trinajstić information content (AvgIpc) is 3.70. The van der Waals surface area contributed by atoms with Gasteiger partial charge in [0.05, 0.1) is 0 Å². The Hall–Kier alpha value is -7.95.